The van der Waals surface area contributed by atoms with Gasteiger partial charge in [0, 0.05) is 6.07 Å². The molecule has 0 aliphatic carbocycles. The molecule has 0 aliphatic heterocycles. The van der Waals surface area contributed by atoms with Crippen LogP contribution in [-0.4, -0.2) is 9.91 Å². The third-order valence-electron chi connectivity index (χ3n) is 1.40. The van der Waals surface area contributed by atoms with Crippen LogP contribution >= 0.6 is 11.6 Å². The van der Waals surface area contributed by atoms with Gasteiger partial charge in [-0.05, 0) is 0 Å². The molecule has 0 amide bonds. The number of aromatic nitrogens is 1. The minimum absolute atomic E-state index is 0.365. The number of aromatic amines is 1. The molecular weight excluding hydrogens is 222 g/mol. The number of H-pyrrole nitrogens is 1. The number of hydrogen-bond donors (Lipinski definition) is 1. The molecule has 0 aliphatic rings. The predicted molar refractivity (Wildman–Crippen MR) is 43.7 cm³/mol. The van der Waals surface area contributed by atoms with E-state index in [9.17, 15) is 23.7 Å². The number of hydrogen-bond acceptors (Lipinski definition) is 3. The van der Waals surface area contributed by atoms with Gasteiger partial charge in [-0.3, -0.25) is 14.9 Å². The lowest BCUT2D eigenvalue weighted by Crippen LogP contribution is -2.12. The number of alkyl halides is 2. The average Bonchev–Trinajstić information content (AvgIpc) is 2.01. The Bertz CT molecular complexity index is 432. The monoisotopic (exact) mass is 224 g/mol. The highest BCUT2D eigenvalue weighted by Crippen LogP contribution is 2.24. The van der Waals surface area contributed by atoms with Crippen molar-refractivity contribution < 1.29 is 13.7 Å². The van der Waals surface area contributed by atoms with Gasteiger partial charge in [0.1, 0.15) is 5.15 Å². The van der Waals surface area contributed by atoms with Crippen molar-refractivity contribution in [3.8, 4) is 0 Å². The lowest BCUT2D eigenvalue weighted by atomic mass is 10.3. The van der Waals surface area contributed by atoms with Crippen molar-refractivity contribution in [2.24, 2.45) is 0 Å². The molecule has 14 heavy (non-hydrogen) atoms. The first-order chi connectivity index (χ1) is 6.43. The lowest BCUT2D eigenvalue weighted by Gasteiger charge is -2.01. The molecule has 0 aromatic carbocycles. The van der Waals surface area contributed by atoms with Crippen LogP contribution in [0.4, 0.5) is 14.5 Å². The predicted octanol–water partition coefficient (Wildman–Crippen LogP) is 1.87. The highest BCUT2D eigenvalue weighted by Gasteiger charge is 2.26. The van der Waals surface area contributed by atoms with Crippen LogP contribution in [0.2, 0.25) is 5.15 Å². The second-order valence-corrected chi connectivity index (χ2v) is 2.71. The van der Waals surface area contributed by atoms with E-state index in [0.29, 0.717) is 6.07 Å². The van der Waals surface area contributed by atoms with Crippen molar-refractivity contribution >= 4 is 17.3 Å². The van der Waals surface area contributed by atoms with Crippen molar-refractivity contribution in [3.05, 3.63) is 37.3 Å². The normalized spacial score (nSPS) is 10.6. The van der Waals surface area contributed by atoms with Crippen LogP contribution in [-0.2, 0) is 0 Å². The summed E-state index contributed by atoms with van der Waals surface area (Å²) in [6.45, 7) is 0. The summed E-state index contributed by atoms with van der Waals surface area (Å²) in [6.07, 6.45) is -3.15. The summed E-state index contributed by atoms with van der Waals surface area (Å²) in [7, 11) is 0. The fourth-order valence-electron chi connectivity index (χ4n) is 0.886. The van der Waals surface area contributed by atoms with Gasteiger partial charge in [-0.1, -0.05) is 11.6 Å². The summed E-state index contributed by atoms with van der Waals surface area (Å²) in [4.78, 5) is 21.9. The van der Waals surface area contributed by atoms with Crippen LogP contribution in [0, 0.1) is 10.1 Å². The Hall–Kier alpha value is -1.50. The number of pyridine rings is 1. The van der Waals surface area contributed by atoms with Gasteiger partial charge in [-0.25, -0.2) is 8.78 Å². The molecule has 1 aromatic rings. The van der Waals surface area contributed by atoms with Crippen LogP contribution in [0.25, 0.3) is 0 Å². The van der Waals surface area contributed by atoms with E-state index in [0.717, 1.165) is 0 Å². The second-order valence-electron chi connectivity index (χ2n) is 2.30. The first kappa shape index (κ1) is 10.6. The van der Waals surface area contributed by atoms with Crippen LogP contribution in [0.15, 0.2) is 10.9 Å². The maximum absolute atomic E-state index is 12.2. The third kappa shape index (κ3) is 1.87. The smallest absolute Gasteiger partial charge is 0.339 e. The van der Waals surface area contributed by atoms with Crippen molar-refractivity contribution in [2.45, 2.75) is 6.43 Å². The van der Waals surface area contributed by atoms with E-state index in [-0.39, 0.29) is 5.15 Å². The number of rotatable bonds is 2. The van der Waals surface area contributed by atoms with Gasteiger partial charge in [0.05, 0.1) is 4.92 Å². The Morgan fingerprint density at radius 3 is 2.57 bits per heavy atom. The zero-order chi connectivity index (χ0) is 10.9. The topological polar surface area (TPSA) is 76.0 Å². The summed E-state index contributed by atoms with van der Waals surface area (Å²) < 4.78 is 24.4. The largest absolute Gasteiger partial charge is 0.341 e. The summed E-state index contributed by atoms with van der Waals surface area (Å²) in [5.41, 5.74) is -3.40. The number of nitrogens with zero attached hydrogens (tertiary/aromatic N) is 1. The summed E-state index contributed by atoms with van der Waals surface area (Å²) in [5.74, 6) is 0. The van der Waals surface area contributed by atoms with Gasteiger partial charge in [0.2, 0.25) is 0 Å². The minimum atomic E-state index is -3.15. The Morgan fingerprint density at radius 1 is 1.57 bits per heavy atom. The molecule has 0 unspecified atom stereocenters. The highest BCUT2D eigenvalue weighted by molar-refractivity contribution is 6.29. The van der Waals surface area contributed by atoms with Gasteiger partial charge in [-0.2, -0.15) is 0 Å². The lowest BCUT2D eigenvalue weighted by molar-refractivity contribution is -0.387. The zero-order valence-electron chi connectivity index (χ0n) is 6.46. The quantitative estimate of drug-likeness (QED) is 0.473. The molecule has 1 rings (SSSR count). The van der Waals surface area contributed by atoms with Crippen molar-refractivity contribution in [1.82, 2.24) is 4.98 Å². The van der Waals surface area contributed by atoms with Crippen molar-refractivity contribution in [2.75, 3.05) is 0 Å². The average molecular weight is 225 g/mol. The maximum atomic E-state index is 12.2. The first-order valence-corrected chi connectivity index (χ1v) is 3.66. The standard InChI is InChI=1S/C6H3ClF2N2O3/c7-3-1-2(12)5(11(13)14)4(10-3)6(8)9/h1,6H,(H,10,12). The van der Waals surface area contributed by atoms with Crippen molar-refractivity contribution in [1.29, 1.82) is 0 Å². The molecular formula is C6H3ClF2N2O3. The molecule has 0 saturated carbocycles. The van der Waals surface area contributed by atoms with Crippen LogP contribution in [0.5, 0.6) is 0 Å². The molecule has 0 fully saturated rings. The van der Waals surface area contributed by atoms with Crippen LogP contribution < -0.4 is 5.43 Å². The maximum Gasteiger partial charge on any atom is 0.341 e. The molecule has 5 nitrogen and oxygen atoms in total. The Balaban J connectivity index is 3.53. The SMILES string of the molecule is O=c1cc(Cl)[nH]c(C(F)F)c1[N+](=O)[O-]. The molecule has 76 valence electrons. The van der Waals surface area contributed by atoms with Gasteiger partial charge in [0.15, 0.2) is 5.69 Å². The molecule has 1 heterocycles. The van der Waals surface area contributed by atoms with E-state index in [4.69, 9.17) is 11.6 Å². The second kappa shape index (κ2) is 3.70. The fraction of sp³-hybridized carbons (Fsp3) is 0.167. The molecule has 0 radical (unpaired) electrons. The summed E-state index contributed by atoms with van der Waals surface area (Å²) in [6, 6.07) is 0.672. The van der Waals surface area contributed by atoms with E-state index >= 15 is 0 Å². The summed E-state index contributed by atoms with van der Waals surface area (Å²) >= 11 is 5.26. The van der Waals surface area contributed by atoms with E-state index in [2.05, 4.69) is 0 Å². The Kier molecular flexibility index (Phi) is 2.80. The molecule has 0 saturated heterocycles. The van der Waals surface area contributed by atoms with E-state index in [1.54, 1.807) is 0 Å². The van der Waals surface area contributed by atoms with Gasteiger partial charge in [0.25, 0.3) is 11.9 Å². The first-order valence-electron chi connectivity index (χ1n) is 3.28. The van der Waals surface area contributed by atoms with E-state index in [1.165, 1.54) is 0 Å². The van der Waals surface area contributed by atoms with E-state index in [1.807, 2.05) is 4.98 Å². The van der Waals surface area contributed by atoms with Crippen LogP contribution in [0.1, 0.15) is 12.1 Å². The molecule has 1 N–H and O–H groups in total. The Labute approximate surface area is 80.5 Å². The number of nitrogens with one attached hydrogen (secondary N) is 1. The highest BCUT2D eigenvalue weighted by atomic mass is 35.5. The zero-order valence-corrected chi connectivity index (χ0v) is 7.22. The van der Waals surface area contributed by atoms with E-state index < -0.39 is 28.2 Å². The van der Waals surface area contributed by atoms with Gasteiger partial charge >= 0.3 is 5.69 Å². The van der Waals surface area contributed by atoms with Crippen molar-refractivity contribution in [3.63, 3.8) is 0 Å². The molecule has 0 atom stereocenters. The molecule has 0 spiro atoms. The molecule has 8 heteroatoms. The number of halogens is 3. The number of nitro groups is 1. The van der Waals surface area contributed by atoms with Gasteiger partial charge in [-0.15, -0.1) is 0 Å². The Morgan fingerprint density at radius 2 is 2.14 bits per heavy atom. The fourth-order valence-corrected chi connectivity index (χ4v) is 1.09. The summed E-state index contributed by atoms with van der Waals surface area (Å²) in [5, 5.41) is 9.90. The molecule has 1 aromatic heterocycles. The minimum Gasteiger partial charge on any atom is -0.339 e. The van der Waals surface area contributed by atoms with Crippen LogP contribution in [0.3, 0.4) is 0 Å². The molecule has 0 bridgehead atoms. The van der Waals surface area contributed by atoms with Gasteiger partial charge < -0.3 is 4.98 Å². The third-order valence-corrected chi connectivity index (χ3v) is 1.60.